The van der Waals surface area contributed by atoms with E-state index < -0.39 is 15.8 Å². The molecule has 1 fully saturated rings. The molecule has 0 aliphatic carbocycles. The molecule has 186 valence electrons. The maximum Gasteiger partial charge on any atom is 0.246 e. The summed E-state index contributed by atoms with van der Waals surface area (Å²) in [5, 5.41) is 0.444. The molecule has 0 radical (unpaired) electrons. The second kappa shape index (κ2) is 11.4. The van der Waals surface area contributed by atoms with Gasteiger partial charge in [-0.25, -0.2) is 12.8 Å². The lowest BCUT2D eigenvalue weighted by Crippen LogP contribution is -2.49. The normalized spacial score (nSPS) is 16.3. The van der Waals surface area contributed by atoms with E-state index in [9.17, 15) is 12.8 Å². The van der Waals surface area contributed by atoms with E-state index in [0.717, 1.165) is 11.1 Å². The molecule has 5 nitrogen and oxygen atoms in total. The molecule has 0 amide bonds. The van der Waals surface area contributed by atoms with Crippen LogP contribution in [0, 0.1) is 12.7 Å². The third-order valence-electron chi connectivity index (χ3n) is 6.06. The van der Waals surface area contributed by atoms with Crippen LogP contribution in [0.2, 0.25) is 10.0 Å². The quantitative estimate of drug-likeness (QED) is 0.370. The number of ether oxygens (including phenoxy) is 1. The molecule has 35 heavy (non-hydrogen) atoms. The van der Waals surface area contributed by atoms with Crippen LogP contribution in [0.3, 0.4) is 0 Å². The van der Waals surface area contributed by atoms with Crippen LogP contribution >= 0.6 is 23.2 Å². The number of halogens is 3. The predicted octanol–water partition coefficient (Wildman–Crippen LogP) is 5.71. The molecule has 1 aliphatic rings. The molecular formula is C26H27Cl2FN2O3S. The van der Waals surface area contributed by atoms with Crippen molar-refractivity contribution in [1.82, 2.24) is 9.21 Å². The highest BCUT2D eigenvalue weighted by Crippen LogP contribution is 2.27. The number of hydrogen-bond acceptors (Lipinski definition) is 4. The molecular weight excluding hydrogens is 510 g/mol. The Hall–Kier alpha value is -2.00. The number of hydrogen-bond donors (Lipinski definition) is 0. The molecule has 1 aliphatic heterocycles. The largest absolute Gasteiger partial charge is 0.368 e. The molecule has 9 heteroatoms. The lowest BCUT2D eigenvalue weighted by molar-refractivity contribution is 0.00770. The summed E-state index contributed by atoms with van der Waals surface area (Å²) in [6.45, 7) is 4.59. The summed E-state index contributed by atoms with van der Waals surface area (Å²) in [6.07, 6.45) is -0.221. The van der Waals surface area contributed by atoms with Gasteiger partial charge in [0.05, 0.1) is 17.7 Å². The summed E-state index contributed by atoms with van der Waals surface area (Å²) in [7, 11) is -3.97. The number of aryl methyl sites for hydroxylation is 1. The molecule has 0 unspecified atom stereocenters. The van der Waals surface area contributed by atoms with E-state index in [0.29, 0.717) is 31.3 Å². The highest BCUT2D eigenvalue weighted by Gasteiger charge is 2.32. The van der Waals surface area contributed by atoms with E-state index in [4.69, 9.17) is 27.9 Å². The zero-order chi connectivity index (χ0) is 25.0. The number of sulfonamides is 1. The van der Waals surface area contributed by atoms with Crippen molar-refractivity contribution in [3.05, 3.63) is 99.3 Å². The summed E-state index contributed by atoms with van der Waals surface area (Å²) >= 11 is 11.9. The van der Waals surface area contributed by atoms with Crippen LogP contribution in [-0.2, 0) is 21.4 Å². The van der Waals surface area contributed by atoms with Crippen molar-refractivity contribution >= 4 is 33.2 Å². The average molecular weight is 537 g/mol. The first kappa shape index (κ1) is 26.1. The zero-order valence-corrected chi connectivity index (χ0v) is 21.7. The molecule has 3 aromatic rings. The number of benzene rings is 3. The Morgan fingerprint density at radius 1 is 0.971 bits per heavy atom. The summed E-state index contributed by atoms with van der Waals surface area (Å²) in [5.74, 6) is -0.913. The Morgan fingerprint density at radius 2 is 1.66 bits per heavy atom. The lowest BCUT2D eigenvalue weighted by Gasteiger charge is -2.36. The zero-order valence-electron chi connectivity index (χ0n) is 19.3. The SMILES string of the molecule is Cc1cccc(CO[C@H](CN2CCN(S(=O)(=O)c3cccc(Cl)c3F)CC2)c2ccc(Cl)cc2)c1. The van der Waals surface area contributed by atoms with Crippen molar-refractivity contribution < 1.29 is 17.5 Å². The summed E-state index contributed by atoms with van der Waals surface area (Å²) in [6, 6.07) is 19.8. The highest BCUT2D eigenvalue weighted by atomic mass is 35.5. The Balaban J connectivity index is 1.43. The fraction of sp³-hybridized carbons (Fsp3) is 0.308. The first-order valence-corrected chi connectivity index (χ1v) is 13.5. The van der Waals surface area contributed by atoms with Gasteiger partial charge < -0.3 is 4.74 Å². The van der Waals surface area contributed by atoms with Crippen molar-refractivity contribution in [3.63, 3.8) is 0 Å². The molecule has 1 atom stereocenters. The average Bonchev–Trinajstić information content (AvgIpc) is 2.84. The molecule has 0 aromatic heterocycles. The fourth-order valence-corrected chi connectivity index (χ4v) is 6.01. The second-order valence-electron chi connectivity index (χ2n) is 8.60. The van der Waals surface area contributed by atoms with Gasteiger partial charge >= 0.3 is 0 Å². The Bertz CT molecular complexity index is 1260. The van der Waals surface area contributed by atoms with E-state index in [-0.39, 0.29) is 29.1 Å². The Kier molecular flexibility index (Phi) is 8.47. The molecule has 0 bridgehead atoms. The number of piperazine rings is 1. The maximum atomic E-state index is 14.4. The summed E-state index contributed by atoms with van der Waals surface area (Å²) in [5.41, 5.74) is 3.25. The first-order chi connectivity index (χ1) is 16.7. The molecule has 3 aromatic carbocycles. The minimum Gasteiger partial charge on any atom is -0.368 e. The minimum atomic E-state index is -3.97. The van der Waals surface area contributed by atoms with Crippen molar-refractivity contribution in [2.45, 2.75) is 24.5 Å². The van der Waals surface area contributed by atoms with Crippen LogP contribution in [0.15, 0.2) is 71.6 Å². The summed E-state index contributed by atoms with van der Waals surface area (Å²) < 4.78 is 48.0. The van der Waals surface area contributed by atoms with Gasteiger partial charge in [0.15, 0.2) is 5.82 Å². The van der Waals surface area contributed by atoms with Gasteiger partial charge in [0.2, 0.25) is 10.0 Å². The summed E-state index contributed by atoms with van der Waals surface area (Å²) in [4.78, 5) is 1.77. The third kappa shape index (κ3) is 6.42. The fourth-order valence-electron chi connectivity index (χ4n) is 4.14. The smallest absolute Gasteiger partial charge is 0.246 e. The molecule has 0 N–H and O–H groups in total. The highest BCUT2D eigenvalue weighted by molar-refractivity contribution is 7.89. The van der Waals surface area contributed by atoms with E-state index >= 15 is 0 Å². The van der Waals surface area contributed by atoms with Gasteiger partial charge in [0, 0.05) is 37.7 Å². The van der Waals surface area contributed by atoms with Gasteiger partial charge in [-0.2, -0.15) is 4.31 Å². The minimum absolute atomic E-state index is 0.207. The molecule has 4 rings (SSSR count). The Labute approximate surface area is 216 Å². The van der Waals surface area contributed by atoms with Crippen LogP contribution < -0.4 is 0 Å². The lowest BCUT2D eigenvalue weighted by atomic mass is 10.1. The van der Waals surface area contributed by atoms with Gasteiger partial charge in [-0.3, -0.25) is 4.90 Å². The monoisotopic (exact) mass is 536 g/mol. The number of rotatable bonds is 8. The maximum absolute atomic E-state index is 14.4. The van der Waals surface area contributed by atoms with Gasteiger partial charge in [0.25, 0.3) is 0 Å². The molecule has 1 saturated heterocycles. The van der Waals surface area contributed by atoms with Gasteiger partial charge in [0.1, 0.15) is 4.90 Å². The van der Waals surface area contributed by atoms with Gasteiger partial charge in [-0.05, 0) is 42.3 Å². The van der Waals surface area contributed by atoms with Crippen molar-refractivity contribution in [1.29, 1.82) is 0 Å². The van der Waals surface area contributed by atoms with E-state index in [2.05, 4.69) is 11.0 Å². The first-order valence-electron chi connectivity index (χ1n) is 11.3. The second-order valence-corrected chi connectivity index (χ2v) is 11.3. The van der Waals surface area contributed by atoms with Gasteiger partial charge in [-0.1, -0.05) is 71.2 Å². The van der Waals surface area contributed by atoms with Gasteiger partial charge in [-0.15, -0.1) is 0 Å². The van der Waals surface area contributed by atoms with E-state index in [1.54, 1.807) is 0 Å². The van der Waals surface area contributed by atoms with E-state index in [1.807, 2.05) is 49.4 Å². The molecule has 0 saturated carbocycles. The van der Waals surface area contributed by atoms with E-state index in [1.165, 1.54) is 28.1 Å². The van der Waals surface area contributed by atoms with Crippen molar-refractivity contribution in [2.24, 2.45) is 0 Å². The van der Waals surface area contributed by atoms with Crippen LogP contribution in [0.1, 0.15) is 22.8 Å². The van der Waals surface area contributed by atoms with Crippen LogP contribution in [0.25, 0.3) is 0 Å². The van der Waals surface area contributed by atoms with Crippen LogP contribution in [0.5, 0.6) is 0 Å². The van der Waals surface area contributed by atoms with Crippen LogP contribution in [-0.4, -0.2) is 50.3 Å². The van der Waals surface area contributed by atoms with Crippen LogP contribution in [0.4, 0.5) is 4.39 Å². The Morgan fingerprint density at radius 3 is 2.34 bits per heavy atom. The third-order valence-corrected chi connectivity index (χ3v) is 8.52. The topological polar surface area (TPSA) is 49.9 Å². The number of nitrogens with zero attached hydrogens (tertiary/aromatic N) is 2. The van der Waals surface area contributed by atoms with Crippen molar-refractivity contribution in [2.75, 3.05) is 32.7 Å². The van der Waals surface area contributed by atoms with Crippen molar-refractivity contribution in [3.8, 4) is 0 Å². The standard InChI is InChI=1S/C26H27Cl2FN2O3S/c1-19-4-2-5-20(16-19)18-34-24(21-8-10-22(27)11-9-21)17-30-12-14-31(15-13-30)35(32,33)25-7-3-6-23(28)26(25)29/h2-11,16,24H,12-15,17-18H2,1H3/t24-/m1/s1. The molecule has 0 spiro atoms. The molecule has 1 heterocycles. The predicted molar refractivity (Wildman–Crippen MR) is 137 cm³/mol.